The van der Waals surface area contributed by atoms with Crippen molar-refractivity contribution in [2.45, 2.75) is 43.4 Å². The Morgan fingerprint density at radius 2 is 2.17 bits per heavy atom. The molecule has 0 radical (unpaired) electrons. The summed E-state index contributed by atoms with van der Waals surface area (Å²) in [5.74, 6) is 0.0174. The lowest BCUT2D eigenvalue weighted by Crippen LogP contribution is -2.52. The molecule has 0 aliphatic carbocycles. The molecule has 3 heterocycles. The molecule has 3 rings (SSSR count). The molecule has 3 nitrogen and oxygen atoms in total. The number of nitrogens with zero attached hydrogens (tertiary/aromatic N) is 1. The van der Waals surface area contributed by atoms with E-state index in [4.69, 9.17) is 5.11 Å². The number of carbonyl (C=O) groups is 1. The molecule has 2 aliphatic heterocycles. The van der Waals surface area contributed by atoms with Gasteiger partial charge in [0.05, 0.1) is 12.2 Å². The third-order valence-corrected chi connectivity index (χ3v) is 4.79. The van der Waals surface area contributed by atoms with Crippen LogP contribution >= 0.6 is 11.3 Å². The average Bonchev–Trinajstić information content (AvgIpc) is 2.96. The lowest BCUT2D eigenvalue weighted by Gasteiger charge is -2.41. The van der Waals surface area contributed by atoms with E-state index in [1.54, 1.807) is 0 Å². The van der Waals surface area contributed by atoms with E-state index >= 15 is 0 Å². The van der Waals surface area contributed by atoms with Crippen LogP contribution in [0.25, 0.3) is 0 Å². The molecule has 0 spiro atoms. The van der Waals surface area contributed by atoms with E-state index in [1.807, 2.05) is 21.7 Å². The summed E-state index contributed by atoms with van der Waals surface area (Å²) in [6.45, 7) is -0.430. The summed E-state index contributed by atoms with van der Waals surface area (Å²) < 4.78 is 14.2. The zero-order valence-electron chi connectivity index (χ0n) is 10.0. The third kappa shape index (κ3) is 1.86. The summed E-state index contributed by atoms with van der Waals surface area (Å²) in [6, 6.07) is 1.72. The van der Waals surface area contributed by atoms with E-state index in [0.717, 1.165) is 12.8 Å². The molecule has 2 saturated heterocycles. The number of hydrogen-bond donors (Lipinski definition) is 1. The highest BCUT2D eigenvalue weighted by Crippen LogP contribution is 2.43. The average molecular weight is 269 g/mol. The normalized spacial score (nSPS) is 34.9. The monoisotopic (exact) mass is 269 g/mol. The molecule has 2 aliphatic rings. The second-order valence-electron chi connectivity index (χ2n) is 5.33. The Morgan fingerprint density at radius 1 is 1.50 bits per heavy atom. The standard InChI is InChI=1S/C13H16FNO2S/c14-13(8-16)5-10-1-2-11(6-13)15(10)12(17)9-3-4-18-7-9/h3-4,7,10-11,16H,1-2,5-6,8H2/t10-,11+,13?. The van der Waals surface area contributed by atoms with Gasteiger partial charge in [-0.05, 0) is 24.3 Å². The molecule has 0 aromatic carbocycles. The number of aliphatic hydroxyl groups excluding tert-OH is 1. The summed E-state index contributed by atoms with van der Waals surface area (Å²) in [7, 11) is 0. The predicted octanol–water partition coefficient (Wildman–Crippen LogP) is 2.22. The molecule has 18 heavy (non-hydrogen) atoms. The summed E-state index contributed by atoms with van der Waals surface area (Å²) in [4.78, 5) is 14.2. The molecule has 1 aromatic heterocycles. The Balaban J connectivity index is 1.82. The Labute approximate surface area is 109 Å². The molecule has 1 N–H and O–H groups in total. The van der Waals surface area contributed by atoms with Crippen LogP contribution in [0.15, 0.2) is 16.8 Å². The topological polar surface area (TPSA) is 40.5 Å². The minimum atomic E-state index is -1.49. The fourth-order valence-corrected chi connectivity index (χ4v) is 3.92. The maximum atomic E-state index is 14.2. The largest absolute Gasteiger partial charge is 0.393 e. The van der Waals surface area contributed by atoms with E-state index in [0.29, 0.717) is 5.56 Å². The van der Waals surface area contributed by atoms with Gasteiger partial charge in [-0.2, -0.15) is 11.3 Å². The van der Waals surface area contributed by atoms with Crippen LogP contribution in [-0.4, -0.2) is 40.3 Å². The first-order valence-electron chi connectivity index (χ1n) is 6.28. The highest BCUT2D eigenvalue weighted by molar-refractivity contribution is 7.08. The van der Waals surface area contributed by atoms with Crippen molar-refractivity contribution in [1.29, 1.82) is 0 Å². The number of piperidine rings is 1. The Bertz CT molecular complexity index is 434. The molecule has 1 amide bonds. The minimum Gasteiger partial charge on any atom is -0.393 e. The summed E-state index contributed by atoms with van der Waals surface area (Å²) in [5, 5.41) is 12.9. The lowest BCUT2D eigenvalue weighted by atomic mass is 9.88. The van der Waals surface area contributed by atoms with Gasteiger partial charge in [-0.25, -0.2) is 4.39 Å². The zero-order chi connectivity index (χ0) is 12.8. The first-order chi connectivity index (χ1) is 8.63. The number of alkyl halides is 1. The van der Waals surface area contributed by atoms with Crippen LogP contribution in [0.3, 0.4) is 0 Å². The molecule has 0 saturated carbocycles. The number of rotatable bonds is 2. The molecule has 3 atom stereocenters. The van der Waals surface area contributed by atoms with Gasteiger partial charge in [-0.15, -0.1) is 0 Å². The molecule has 1 aromatic rings. The van der Waals surface area contributed by atoms with Crippen molar-refractivity contribution in [1.82, 2.24) is 4.90 Å². The zero-order valence-corrected chi connectivity index (χ0v) is 10.8. The maximum absolute atomic E-state index is 14.2. The number of amides is 1. The van der Waals surface area contributed by atoms with Crippen molar-refractivity contribution < 1.29 is 14.3 Å². The van der Waals surface area contributed by atoms with Gasteiger partial charge in [0.2, 0.25) is 0 Å². The third-order valence-electron chi connectivity index (χ3n) is 4.11. The van der Waals surface area contributed by atoms with Crippen LogP contribution in [0.1, 0.15) is 36.0 Å². The number of fused-ring (bicyclic) bond motifs is 2. The predicted molar refractivity (Wildman–Crippen MR) is 67.5 cm³/mol. The Kier molecular flexibility index (Phi) is 2.90. The quantitative estimate of drug-likeness (QED) is 0.894. The maximum Gasteiger partial charge on any atom is 0.255 e. The Morgan fingerprint density at radius 3 is 2.67 bits per heavy atom. The minimum absolute atomic E-state index is 0.0174. The van der Waals surface area contributed by atoms with Gasteiger partial charge in [0.15, 0.2) is 0 Å². The van der Waals surface area contributed by atoms with E-state index in [2.05, 4.69) is 0 Å². The second-order valence-corrected chi connectivity index (χ2v) is 6.11. The van der Waals surface area contributed by atoms with Gasteiger partial charge in [0.1, 0.15) is 5.67 Å². The highest BCUT2D eigenvalue weighted by atomic mass is 32.1. The molecule has 98 valence electrons. The van der Waals surface area contributed by atoms with Crippen LogP contribution in [0, 0.1) is 0 Å². The molecule has 1 unspecified atom stereocenters. The van der Waals surface area contributed by atoms with Crippen LogP contribution in [0.5, 0.6) is 0 Å². The number of aliphatic hydroxyl groups is 1. The summed E-state index contributed by atoms with van der Waals surface area (Å²) in [5.41, 5.74) is -0.788. The number of thiophene rings is 1. The van der Waals surface area contributed by atoms with Crippen molar-refractivity contribution in [3.8, 4) is 0 Å². The fraction of sp³-hybridized carbons (Fsp3) is 0.615. The van der Waals surface area contributed by atoms with Gasteiger partial charge in [-0.3, -0.25) is 4.79 Å². The smallest absolute Gasteiger partial charge is 0.255 e. The van der Waals surface area contributed by atoms with Gasteiger partial charge in [-0.1, -0.05) is 0 Å². The van der Waals surface area contributed by atoms with Crippen molar-refractivity contribution in [2.75, 3.05) is 6.61 Å². The number of halogens is 1. The molecular formula is C13H16FNO2S. The van der Waals surface area contributed by atoms with E-state index in [-0.39, 0.29) is 30.8 Å². The van der Waals surface area contributed by atoms with Crippen molar-refractivity contribution >= 4 is 17.2 Å². The fourth-order valence-electron chi connectivity index (χ4n) is 3.29. The van der Waals surface area contributed by atoms with Crippen molar-refractivity contribution in [3.63, 3.8) is 0 Å². The first-order valence-corrected chi connectivity index (χ1v) is 7.22. The van der Waals surface area contributed by atoms with Gasteiger partial charge >= 0.3 is 0 Å². The van der Waals surface area contributed by atoms with Crippen LogP contribution < -0.4 is 0 Å². The van der Waals surface area contributed by atoms with Crippen LogP contribution in [-0.2, 0) is 0 Å². The number of carbonyl (C=O) groups excluding carboxylic acids is 1. The molecule has 5 heteroatoms. The SMILES string of the molecule is O=C(c1ccsc1)N1[C@@H]2CC[C@H]1CC(F)(CO)C2. The first kappa shape index (κ1) is 12.1. The van der Waals surface area contributed by atoms with Crippen LogP contribution in [0.4, 0.5) is 4.39 Å². The highest BCUT2D eigenvalue weighted by Gasteiger charge is 2.50. The van der Waals surface area contributed by atoms with Crippen LogP contribution in [0.2, 0.25) is 0 Å². The van der Waals surface area contributed by atoms with E-state index in [9.17, 15) is 9.18 Å². The molecular weight excluding hydrogens is 253 g/mol. The van der Waals surface area contributed by atoms with E-state index < -0.39 is 12.3 Å². The van der Waals surface area contributed by atoms with Crippen molar-refractivity contribution in [2.24, 2.45) is 0 Å². The van der Waals surface area contributed by atoms with Crippen molar-refractivity contribution in [3.05, 3.63) is 22.4 Å². The Hall–Kier alpha value is -0.940. The summed E-state index contributed by atoms with van der Waals surface area (Å²) >= 11 is 1.50. The molecule has 2 bridgehead atoms. The second kappa shape index (κ2) is 4.31. The van der Waals surface area contributed by atoms with Gasteiger partial charge in [0.25, 0.3) is 5.91 Å². The van der Waals surface area contributed by atoms with E-state index in [1.165, 1.54) is 11.3 Å². The van der Waals surface area contributed by atoms with Gasteiger partial charge < -0.3 is 10.0 Å². The number of hydrogen-bond acceptors (Lipinski definition) is 3. The van der Waals surface area contributed by atoms with Gasteiger partial charge in [0, 0.05) is 30.3 Å². The molecule has 2 fully saturated rings. The summed E-state index contributed by atoms with van der Waals surface area (Å²) in [6.07, 6.45) is 2.25. The lowest BCUT2D eigenvalue weighted by molar-refractivity contribution is -0.0177.